The van der Waals surface area contributed by atoms with E-state index in [9.17, 15) is 4.79 Å². The molecule has 0 spiro atoms. The van der Waals surface area contributed by atoms with Gasteiger partial charge < -0.3 is 5.32 Å². The third-order valence-corrected chi connectivity index (χ3v) is 3.17. The summed E-state index contributed by atoms with van der Waals surface area (Å²) in [5.74, 6) is 0.163. The minimum atomic E-state index is -0.161. The van der Waals surface area contributed by atoms with Gasteiger partial charge >= 0.3 is 0 Å². The number of anilines is 1. The van der Waals surface area contributed by atoms with E-state index in [1.165, 1.54) is 6.20 Å². The first-order valence-electron chi connectivity index (χ1n) is 5.71. The van der Waals surface area contributed by atoms with E-state index in [1.807, 2.05) is 31.2 Å². The fourth-order valence-electron chi connectivity index (χ4n) is 1.66. The van der Waals surface area contributed by atoms with E-state index in [2.05, 4.69) is 10.3 Å². The molecule has 0 bridgehead atoms. The third-order valence-electron chi connectivity index (χ3n) is 2.68. The van der Waals surface area contributed by atoms with Gasteiger partial charge in [-0.25, -0.2) is 4.98 Å². The third kappa shape index (κ3) is 3.69. The molecule has 2 aromatic rings. The number of carbonyl (C=O) groups is 1. The van der Waals surface area contributed by atoms with Crippen LogP contribution in [0.5, 0.6) is 0 Å². The zero-order valence-corrected chi connectivity index (χ0v) is 11.8. The van der Waals surface area contributed by atoms with Crippen molar-refractivity contribution in [3.05, 3.63) is 57.7 Å². The molecule has 0 saturated carbocycles. The fourth-order valence-corrected chi connectivity index (χ4v) is 2.09. The topological polar surface area (TPSA) is 42.0 Å². The van der Waals surface area contributed by atoms with Crippen LogP contribution in [0.4, 0.5) is 5.82 Å². The standard InChI is InChI=1S/C14H12Cl2N2O/c1-9-4-2-3-5-10(9)6-13(19)18-14-12(16)7-11(15)8-17-14/h2-5,7-8H,6H2,1H3,(H,17,18,19). The van der Waals surface area contributed by atoms with Crippen molar-refractivity contribution in [1.82, 2.24) is 4.98 Å². The summed E-state index contributed by atoms with van der Waals surface area (Å²) in [4.78, 5) is 15.9. The number of amides is 1. The minimum absolute atomic E-state index is 0.161. The summed E-state index contributed by atoms with van der Waals surface area (Å²) in [6.45, 7) is 1.97. The van der Waals surface area contributed by atoms with Crippen LogP contribution < -0.4 is 5.32 Å². The maximum absolute atomic E-state index is 11.9. The molecule has 5 heteroatoms. The molecule has 19 heavy (non-hydrogen) atoms. The lowest BCUT2D eigenvalue weighted by Gasteiger charge is -2.08. The first-order valence-corrected chi connectivity index (χ1v) is 6.47. The molecule has 0 aliphatic carbocycles. The maximum atomic E-state index is 11.9. The van der Waals surface area contributed by atoms with Gasteiger partial charge in [-0.1, -0.05) is 47.5 Å². The summed E-state index contributed by atoms with van der Waals surface area (Å²) in [6.07, 6.45) is 1.73. The number of halogens is 2. The van der Waals surface area contributed by atoms with Crippen LogP contribution in [-0.2, 0) is 11.2 Å². The second kappa shape index (κ2) is 6.04. The molecule has 0 unspecified atom stereocenters. The molecular formula is C14H12Cl2N2O. The van der Waals surface area contributed by atoms with Gasteiger partial charge in [-0.15, -0.1) is 0 Å². The summed E-state index contributed by atoms with van der Waals surface area (Å²) in [7, 11) is 0. The Labute approximate surface area is 121 Å². The van der Waals surface area contributed by atoms with E-state index in [4.69, 9.17) is 23.2 Å². The van der Waals surface area contributed by atoms with E-state index in [0.717, 1.165) is 11.1 Å². The molecule has 0 aliphatic rings. The van der Waals surface area contributed by atoms with Crippen molar-refractivity contribution in [2.45, 2.75) is 13.3 Å². The van der Waals surface area contributed by atoms with E-state index in [1.54, 1.807) is 6.07 Å². The first-order chi connectivity index (χ1) is 9.06. The number of nitrogens with one attached hydrogen (secondary N) is 1. The minimum Gasteiger partial charge on any atom is -0.309 e. The lowest BCUT2D eigenvalue weighted by molar-refractivity contribution is -0.115. The fraction of sp³-hybridized carbons (Fsp3) is 0.143. The molecule has 1 aromatic heterocycles. The zero-order chi connectivity index (χ0) is 13.8. The molecule has 0 atom stereocenters. The molecule has 1 heterocycles. The smallest absolute Gasteiger partial charge is 0.229 e. The van der Waals surface area contributed by atoms with Gasteiger partial charge in [0.2, 0.25) is 5.91 Å². The molecule has 1 aromatic carbocycles. The van der Waals surface area contributed by atoms with Crippen LogP contribution in [-0.4, -0.2) is 10.9 Å². The molecule has 0 saturated heterocycles. The summed E-state index contributed by atoms with van der Waals surface area (Å²) >= 11 is 11.7. The molecule has 0 aliphatic heterocycles. The van der Waals surface area contributed by atoms with E-state index >= 15 is 0 Å². The Bertz CT molecular complexity index is 614. The van der Waals surface area contributed by atoms with Crippen molar-refractivity contribution in [2.75, 3.05) is 5.32 Å². The highest BCUT2D eigenvalue weighted by Gasteiger charge is 2.09. The highest BCUT2D eigenvalue weighted by Crippen LogP contribution is 2.22. The Morgan fingerprint density at radius 2 is 2.05 bits per heavy atom. The second-order valence-electron chi connectivity index (χ2n) is 4.14. The number of carbonyl (C=O) groups excluding carboxylic acids is 1. The molecule has 2 rings (SSSR count). The monoisotopic (exact) mass is 294 g/mol. The Balaban J connectivity index is 2.08. The molecule has 1 amide bonds. The van der Waals surface area contributed by atoms with Gasteiger partial charge in [0, 0.05) is 6.20 Å². The quantitative estimate of drug-likeness (QED) is 0.933. The van der Waals surface area contributed by atoms with Crippen LogP contribution in [0.3, 0.4) is 0 Å². The van der Waals surface area contributed by atoms with Crippen molar-refractivity contribution in [2.24, 2.45) is 0 Å². The van der Waals surface area contributed by atoms with E-state index in [0.29, 0.717) is 15.9 Å². The highest BCUT2D eigenvalue weighted by molar-refractivity contribution is 6.36. The number of rotatable bonds is 3. The average molecular weight is 295 g/mol. The van der Waals surface area contributed by atoms with Crippen LogP contribution in [0.2, 0.25) is 10.0 Å². The number of nitrogens with zero attached hydrogens (tertiary/aromatic N) is 1. The summed E-state index contributed by atoms with van der Waals surface area (Å²) in [5, 5.41) is 3.43. The first kappa shape index (κ1) is 13.8. The number of hydrogen-bond acceptors (Lipinski definition) is 2. The normalized spacial score (nSPS) is 10.3. The Hall–Kier alpha value is -1.58. The lowest BCUT2D eigenvalue weighted by atomic mass is 10.1. The van der Waals surface area contributed by atoms with E-state index < -0.39 is 0 Å². The maximum Gasteiger partial charge on any atom is 0.229 e. The van der Waals surface area contributed by atoms with Crippen molar-refractivity contribution >= 4 is 34.9 Å². The highest BCUT2D eigenvalue weighted by atomic mass is 35.5. The van der Waals surface area contributed by atoms with Gasteiger partial charge in [0.25, 0.3) is 0 Å². The number of aromatic nitrogens is 1. The SMILES string of the molecule is Cc1ccccc1CC(=O)Nc1ncc(Cl)cc1Cl. The Morgan fingerprint density at radius 3 is 2.74 bits per heavy atom. The van der Waals surface area contributed by atoms with E-state index in [-0.39, 0.29) is 12.3 Å². The van der Waals surface area contributed by atoms with Crippen LogP contribution >= 0.6 is 23.2 Å². The molecule has 1 N–H and O–H groups in total. The summed E-state index contributed by atoms with van der Waals surface area (Å²) < 4.78 is 0. The van der Waals surface area contributed by atoms with Gasteiger partial charge in [0.15, 0.2) is 5.82 Å². The van der Waals surface area contributed by atoms with Gasteiger partial charge in [-0.2, -0.15) is 0 Å². The predicted molar refractivity (Wildman–Crippen MR) is 77.8 cm³/mol. The average Bonchev–Trinajstić information content (AvgIpc) is 2.36. The van der Waals surface area contributed by atoms with Crippen LogP contribution in [0.15, 0.2) is 36.5 Å². The van der Waals surface area contributed by atoms with Gasteiger partial charge in [-0.3, -0.25) is 4.79 Å². The van der Waals surface area contributed by atoms with Gasteiger partial charge in [0.1, 0.15) is 0 Å². The molecule has 0 fully saturated rings. The zero-order valence-electron chi connectivity index (χ0n) is 10.3. The largest absolute Gasteiger partial charge is 0.309 e. The summed E-state index contributed by atoms with van der Waals surface area (Å²) in [6, 6.07) is 9.28. The number of pyridine rings is 1. The van der Waals surface area contributed by atoms with Crippen molar-refractivity contribution < 1.29 is 4.79 Å². The molecule has 0 radical (unpaired) electrons. The second-order valence-corrected chi connectivity index (χ2v) is 4.98. The molecular weight excluding hydrogens is 283 g/mol. The van der Waals surface area contributed by atoms with Crippen molar-refractivity contribution in [1.29, 1.82) is 0 Å². The molecule has 3 nitrogen and oxygen atoms in total. The van der Waals surface area contributed by atoms with Crippen LogP contribution in [0, 0.1) is 6.92 Å². The van der Waals surface area contributed by atoms with Gasteiger partial charge in [0.05, 0.1) is 16.5 Å². The summed E-state index contributed by atoms with van der Waals surface area (Å²) in [5.41, 5.74) is 2.05. The predicted octanol–water partition coefficient (Wildman–Crippen LogP) is 3.88. The van der Waals surface area contributed by atoms with Crippen LogP contribution in [0.1, 0.15) is 11.1 Å². The Kier molecular flexibility index (Phi) is 4.40. The lowest BCUT2D eigenvalue weighted by Crippen LogP contribution is -2.16. The number of aryl methyl sites for hydroxylation is 1. The number of benzene rings is 1. The van der Waals surface area contributed by atoms with Crippen molar-refractivity contribution in [3.63, 3.8) is 0 Å². The number of hydrogen-bond donors (Lipinski definition) is 1. The van der Waals surface area contributed by atoms with Crippen molar-refractivity contribution in [3.8, 4) is 0 Å². The van der Waals surface area contributed by atoms with Gasteiger partial charge in [-0.05, 0) is 24.1 Å². The van der Waals surface area contributed by atoms with Crippen LogP contribution in [0.25, 0.3) is 0 Å². The Morgan fingerprint density at radius 1 is 1.32 bits per heavy atom. The molecule has 98 valence electrons.